The van der Waals surface area contributed by atoms with Crippen LogP contribution in [0.25, 0.3) is 0 Å². The summed E-state index contributed by atoms with van der Waals surface area (Å²) in [5, 5.41) is 10.8. The molecule has 0 bridgehead atoms. The van der Waals surface area contributed by atoms with Crippen molar-refractivity contribution in [3.8, 4) is 5.75 Å². The minimum absolute atomic E-state index is 0.128. The third-order valence-electron chi connectivity index (χ3n) is 4.30. The van der Waals surface area contributed by atoms with Crippen LogP contribution in [0.2, 0.25) is 0 Å². The molecule has 1 unspecified atom stereocenters. The van der Waals surface area contributed by atoms with E-state index in [0.29, 0.717) is 24.7 Å². The van der Waals surface area contributed by atoms with Gasteiger partial charge in [0.25, 0.3) is 0 Å². The standard InChI is InChI=1S/C21H31NO2/c1-13(19-22-14(2)12-24-19)9-15-10-16(20(3,4)5)18(23)17(11-15)21(6,7)8/h10-11,14,23H,1,9,12H2,2-8H3. The van der Waals surface area contributed by atoms with Crippen LogP contribution >= 0.6 is 0 Å². The van der Waals surface area contributed by atoms with Gasteiger partial charge in [0.2, 0.25) is 5.90 Å². The lowest BCUT2D eigenvalue weighted by molar-refractivity contribution is 0.323. The molecule has 3 nitrogen and oxygen atoms in total. The molecule has 1 heterocycles. The maximum atomic E-state index is 10.8. The Labute approximate surface area is 146 Å². The average Bonchev–Trinajstić information content (AvgIpc) is 2.84. The maximum Gasteiger partial charge on any atom is 0.212 e. The molecule has 1 aromatic rings. The number of ether oxygens (including phenoxy) is 1. The van der Waals surface area contributed by atoms with E-state index in [1.165, 1.54) is 0 Å². The van der Waals surface area contributed by atoms with E-state index in [4.69, 9.17) is 4.74 Å². The quantitative estimate of drug-likeness (QED) is 0.856. The lowest BCUT2D eigenvalue weighted by Gasteiger charge is -2.28. The molecule has 3 heteroatoms. The number of rotatable bonds is 3. The van der Waals surface area contributed by atoms with Crippen molar-refractivity contribution in [1.29, 1.82) is 0 Å². The van der Waals surface area contributed by atoms with Crippen LogP contribution in [-0.2, 0) is 22.0 Å². The van der Waals surface area contributed by atoms with Crippen molar-refractivity contribution >= 4 is 5.90 Å². The Morgan fingerprint density at radius 3 is 2.04 bits per heavy atom. The first-order chi connectivity index (χ1) is 10.9. The van der Waals surface area contributed by atoms with Crippen molar-refractivity contribution in [2.24, 2.45) is 4.99 Å². The monoisotopic (exact) mass is 329 g/mol. The number of aliphatic imine (C=N–C) groups is 1. The van der Waals surface area contributed by atoms with Gasteiger partial charge < -0.3 is 9.84 Å². The number of benzene rings is 1. The lowest BCUT2D eigenvalue weighted by Crippen LogP contribution is -2.18. The Hall–Kier alpha value is -1.77. The molecule has 0 spiro atoms. The number of phenols is 1. The second-order valence-corrected chi connectivity index (χ2v) is 8.91. The summed E-state index contributed by atoms with van der Waals surface area (Å²) in [5.41, 5.74) is 3.72. The molecule has 0 aliphatic carbocycles. The molecule has 0 amide bonds. The first kappa shape index (κ1) is 18.6. The van der Waals surface area contributed by atoms with Gasteiger partial charge in [-0.15, -0.1) is 0 Å². The lowest BCUT2D eigenvalue weighted by atomic mass is 9.78. The molecular weight excluding hydrogens is 298 g/mol. The summed E-state index contributed by atoms with van der Waals surface area (Å²) < 4.78 is 5.62. The molecule has 0 fully saturated rings. The molecule has 0 radical (unpaired) electrons. The van der Waals surface area contributed by atoms with Crippen LogP contribution < -0.4 is 0 Å². The van der Waals surface area contributed by atoms with Gasteiger partial charge in [-0.3, -0.25) is 0 Å². The summed E-state index contributed by atoms with van der Waals surface area (Å²) >= 11 is 0. The van der Waals surface area contributed by atoms with Crippen LogP contribution in [0.4, 0.5) is 0 Å². The fraction of sp³-hybridized carbons (Fsp3) is 0.571. The number of hydrogen-bond donors (Lipinski definition) is 1. The van der Waals surface area contributed by atoms with E-state index < -0.39 is 0 Å². The summed E-state index contributed by atoms with van der Waals surface area (Å²) in [6.07, 6.45) is 0.679. The largest absolute Gasteiger partial charge is 0.507 e. The zero-order chi connectivity index (χ0) is 18.3. The third kappa shape index (κ3) is 4.00. The Bertz CT molecular complexity index is 637. The molecule has 1 aliphatic heterocycles. The minimum atomic E-state index is -0.128. The van der Waals surface area contributed by atoms with Gasteiger partial charge in [-0.05, 0) is 34.4 Å². The highest BCUT2D eigenvalue weighted by molar-refractivity contribution is 5.94. The van der Waals surface area contributed by atoms with Crippen molar-refractivity contribution in [2.45, 2.75) is 71.8 Å². The third-order valence-corrected chi connectivity index (χ3v) is 4.30. The molecule has 0 aromatic heterocycles. The first-order valence-corrected chi connectivity index (χ1v) is 8.65. The molecule has 1 aliphatic rings. The maximum absolute atomic E-state index is 10.8. The topological polar surface area (TPSA) is 41.8 Å². The summed E-state index contributed by atoms with van der Waals surface area (Å²) in [7, 11) is 0. The Morgan fingerprint density at radius 1 is 1.17 bits per heavy atom. The Morgan fingerprint density at radius 2 is 1.67 bits per heavy atom. The van der Waals surface area contributed by atoms with Crippen molar-refractivity contribution in [2.75, 3.05) is 6.61 Å². The van der Waals surface area contributed by atoms with Crippen LogP contribution in [0.3, 0.4) is 0 Å². The van der Waals surface area contributed by atoms with E-state index in [1.54, 1.807) is 0 Å². The molecule has 1 atom stereocenters. The number of hydrogen-bond acceptors (Lipinski definition) is 3. The molecular formula is C21H31NO2. The van der Waals surface area contributed by atoms with Crippen LogP contribution in [0.5, 0.6) is 5.75 Å². The summed E-state index contributed by atoms with van der Waals surface area (Å²) in [6.45, 7) is 19.6. The first-order valence-electron chi connectivity index (χ1n) is 8.65. The van der Waals surface area contributed by atoms with Crippen molar-refractivity contribution in [3.63, 3.8) is 0 Å². The Kier molecular flexibility index (Phi) is 4.85. The molecule has 1 aromatic carbocycles. The van der Waals surface area contributed by atoms with Crippen LogP contribution in [-0.4, -0.2) is 23.7 Å². The van der Waals surface area contributed by atoms with Gasteiger partial charge in [0.15, 0.2) is 0 Å². The van der Waals surface area contributed by atoms with Gasteiger partial charge in [0, 0.05) is 12.0 Å². The SMILES string of the molecule is C=C(Cc1cc(C(C)(C)C)c(O)c(C(C)(C)C)c1)C1=NC(C)CO1. The van der Waals surface area contributed by atoms with E-state index in [-0.39, 0.29) is 16.9 Å². The molecule has 1 N–H and O–H groups in total. The van der Waals surface area contributed by atoms with Gasteiger partial charge in [-0.25, -0.2) is 4.99 Å². The summed E-state index contributed by atoms with van der Waals surface area (Å²) in [5.74, 6) is 1.08. The van der Waals surface area contributed by atoms with Gasteiger partial charge in [0.1, 0.15) is 12.4 Å². The molecule has 0 saturated carbocycles. The smallest absolute Gasteiger partial charge is 0.212 e. The van der Waals surface area contributed by atoms with Crippen molar-refractivity contribution in [1.82, 2.24) is 0 Å². The van der Waals surface area contributed by atoms with E-state index in [1.807, 2.05) is 6.92 Å². The van der Waals surface area contributed by atoms with E-state index in [0.717, 1.165) is 22.3 Å². The van der Waals surface area contributed by atoms with Crippen LogP contribution in [0, 0.1) is 0 Å². The number of nitrogens with zero attached hydrogens (tertiary/aromatic N) is 1. The average molecular weight is 329 g/mol. The normalized spacial score (nSPS) is 18.3. The van der Waals surface area contributed by atoms with E-state index in [9.17, 15) is 5.11 Å². The zero-order valence-corrected chi connectivity index (χ0v) is 16.2. The summed E-state index contributed by atoms with van der Waals surface area (Å²) in [4.78, 5) is 4.49. The van der Waals surface area contributed by atoms with Crippen molar-refractivity contribution in [3.05, 3.63) is 41.0 Å². The van der Waals surface area contributed by atoms with Crippen LogP contribution in [0.1, 0.15) is 65.2 Å². The second-order valence-electron chi connectivity index (χ2n) is 8.91. The fourth-order valence-corrected chi connectivity index (χ4v) is 2.93. The Balaban J connectivity index is 2.43. The predicted molar refractivity (Wildman–Crippen MR) is 101 cm³/mol. The highest BCUT2D eigenvalue weighted by Gasteiger charge is 2.27. The predicted octanol–water partition coefficient (Wildman–Crippen LogP) is 4.90. The van der Waals surface area contributed by atoms with Gasteiger partial charge in [-0.1, -0.05) is 60.3 Å². The highest BCUT2D eigenvalue weighted by atomic mass is 16.5. The highest BCUT2D eigenvalue weighted by Crippen LogP contribution is 2.40. The fourth-order valence-electron chi connectivity index (χ4n) is 2.93. The van der Waals surface area contributed by atoms with E-state index >= 15 is 0 Å². The number of aromatic hydroxyl groups is 1. The zero-order valence-electron chi connectivity index (χ0n) is 16.2. The van der Waals surface area contributed by atoms with Gasteiger partial charge >= 0.3 is 0 Å². The second kappa shape index (κ2) is 6.27. The minimum Gasteiger partial charge on any atom is -0.507 e. The molecule has 24 heavy (non-hydrogen) atoms. The number of phenolic OH excluding ortho intramolecular Hbond substituents is 1. The molecule has 0 saturated heterocycles. The van der Waals surface area contributed by atoms with Gasteiger partial charge in [0.05, 0.1) is 6.04 Å². The van der Waals surface area contributed by atoms with Crippen LogP contribution in [0.15, 0.2) is 29.3 Å². The molecule has 2 rings (SSSR count). The van der Waals surface area contributed by atoms with Crippen molar-refractivity contribution < 1.29 is 9.84 Å². The van der Waals surface area contributed by atoms with E-state index in [2.05, 4.69) is 65.2 Å². The summed E-state index contributed by atoms with van der Waals surface area (Å²) in [6, 6.07) is 4.38. The molecule has 132 valence electrons. The van der Waals surface area contributed by atoms with Gasteiger partial charge in [-0.2, -0.15) is 0 Å².